The highest BCUT2D eigenvalue weighted by molar-refractivity contribution is 7.10. The molecule has 4 aromatic rings. The van der Waals surface area contributed by atoms with E-state index in [4.69, 9.17) is 9.72 Å². The molecule has 1 spiro atoms. The molecule has 3 amide bonds. The zero-order valence-corrected chi connectivity index (χ0v) is 43.6. The van der Waals surface area contributed by atoms with Gasteiger partial charge in [-0.2, -0.15) is 13.2 Å². The Morgan fingerprint density at radius 3 is 2.52 bits per heavy atom. The lowest BCUT2D eigenvalue weighted by Gasteiger charge is -2.56. The van der Waals surface area contributed by atoms with E-state index < -0.39 is 42.2 Å². The average Bonchev–Trinajstić information content (AvgIpc) is 4.11. The second-order valence-electron chi connectivity index (χ2n) is 23.7. The van der Waals surface area contributed by atoms with Crippen molar-refractivity contribution in [2.75, 3.05) is 46.4 Å². The number of fused-ring (bicyclic) bond motifs is 6. The minimum absolute atomic E-state index is 0.00131. The number of rotatable bonds is 9. The molecular weight excluding hydrogens is 956 g/mol. The van der Waals surface area contributed by atoms with Crippen LogP contribution >= 0.6 is 11.3 Å². The van der Waals surface area contributed by atoms with Crippen LogP contribution in [-0.4, -0.2) is 141 Å². The minimum Gasteiger partial charge on any atom is -0.464 e. The number of benzene rings is 1. The largest absolute Gasteiger partial charge is 0.464 e. The van der Waals surface area contributed by atoms with Crippen molar-refractivity contribution >= 4 is 45.9 Å². The van der Waals surface area contributed by atoms with E-state index in [0.717, 1.165) is 51.6 Å². The lowest BCUT2D eigenvalue weighted by molar-refractivity contribution is -0.155. The van der Waals surface area contributed by atoms with Crippen LogP contribution in [0.25, 0.3) is 33.4 Å². The van der Waals surface area contributed by atoms with Gasteiger partial charge in [0.15, 0.2) is 0 Å². The number of ether oxygens (including phenoxy) is 1. The highest BCUT2D eigenvalue weighted by atomic mass is 32.1. The molecule has 2 aliphatic carbocycles. The first-order chi connectivity index (χ1) is 34.9. The molecule has 18 heteroatoms. The Balaban J connectivity index is 0.919. The van der Waals surface area contributed by atoms with Crippen molar-refractivity contribution in [1.29, 1.82) is 0 Å². The number of hydrogen-bond acceptors (Lipinski definition) is 11. The summed E-state index contributed by atoms with van der Waals surface area (Å²) in [6, 6.07) is 7.09. The molecule has 11 rings (SSSR count). The summed E-state index contributed by atoms with van der Waals surface area (Å²) in [5.41, 5.74) is 6.49. The number of esters is 1. The smallest absolute Gasteiger partial charge is 0.406 e. The Labute approximate surface area is 429 Å². The second kappa shape index (κ2) is 19.3. The van der Waals surface area contributed by atoms with Crippen molar-refractivity contribution < 1.29 is 37.1 Å². The van der Waals surface area contributed by atoms with Gasteiger partial charge in [-0.1, -0.05) is 46.6 Å². The van der Waals surface area contributed by atoms with Gasteiger partial charge < -0.3 is 19.5 Å². The number of amides is 3. The van der Waals surface area contributed by atoms with Gasteiger partial charge in [0.1, 0.15) is 24.7 Å². The fourth-order valence-corrected chi connectivity index (χ4v) is 14.2. The maximum atomic E-state index is 15.2. The normalized spacial score (nSPS) is 27.2. The summed E-state index contributed by atoms with van der Waals surface area (Å²) in [6.07, 6.45) is 6.69. The molecule has 1 aromatic carbocycles. The van der Waals surface area contributed by atoms with Gasteiger partial charge in [-0.05, 0) is 119 Å². The van der Waals surface area contributed by atoms with Crippen LogP contribution in [0.3, 0.4) is 0 Å². The first-order valence-corrected chi connectivity index (χ1v) is 27.7. The van der Waals surface area contributed by atoms with Gasteiger partial charge in [0.2, 0.25) is 11.8 Å². The van der Waals surface area contributed by atoms with Crippen LogP contribution in [0.5, 0.6) is 0 Å². The second-order valence-corrected chi connectivity index (χ2v) is 24.6. The number of pyridine rings is 1. The van der Waals surface area contributed by atoms with E-state index in [9.17, 15) is 27.6 Å². The van der Waals surface area contributed by atoms with Crippen molar-refractivity contribution in [1.82, 2.24) is 45.0 Å². The number of halogens is 3. The number of hydrogen-bond donors (Lipinski definition) is 2. The number of carbonyl (C=O) groups is 4. The quantitative estimate of drug-likeness (QED) is 0.126. The molecule has 6 bridgehead atoms. The van der Waals surface area contributed by atoms with Gasteiger partial charge >= 0.3 is 12.1 Å². The molecule has 1 unspecified atom stereocenters. The van der Waals surface area contributed by atoms with Crippen LogP contribution in [0.15, 0.2) is 41.9 Å². The first-order valence-electron chi connectivity index (χ1n) is 26.8. The van der Waals surface area contributed by atoms with Crippen LogP contribution in [0.4, 0.5) is 13.2 Å². The molecule has 6 fully saturated rings. The highest BCUT2D eigenvalue weighted by Gasteiger charge is 2.60. The minimum atomic E-state index is -4.54. The first kappa shape index (κ1) is 50.3. The molecule has 73 heavy (non-hydrogen) atoms. The van der Waals surface area contributed by atoms with Gasteiger partial charge in [0, 0.05) is 83.1 Å². The van der Waals surface area contributed by atoms with E-state index in [1.165, 1.54) is 33.8 Å². The number of thiazole rings is 1. The number of alkyl halides is 3. The van der Waals surface area contributed by atoms with Gasteiger partial charge in [-0.15, -0.1) is 11.3 Å². The third kappa shape index (κ3) is 10.1. The molecule has 14 nitrogen and oxygen atoms in total. The van der Waals surface area contributed by atoms with Crippen LogP contribution in [0.1, 0.15) is 114 Å². The molecule has 8 heterocycles. The maximum Gasteiger partial charge on any atom is 0.406 e. The van der Waals surface area contributed by atoms with Crippen molar-refractivity contribution in [3.63, 3.8) is 0 Å². The number of hydrazine groups is 1. The van der Waals surface area contributed by atoms with Gasteiger partial charge in [-0.3, -0.25) is 39.0 Å². The molecule has 7 aliphatic rings. The number of carbonyl (C=O) groups excluding carboxylic acids is 4. The molecule has 6 atom stereocenters. The Morgan fingerprint density at radius 2 is 1.78 bits per heavy atom. The van der Waals surface area contributed by atoms with Crippen molar-refractivity contribution in [3.8, 4) is 22.5 Å². The molecule has 392 valence electrons. The van der Waals surface area contributed by atoms with Gasteiger partial charge in [-0.25, -0.2) is 10.4 Å². The fraction of sp³-hybridized carbons (Fsp3) is 0.636. The Morgan fingerprint density at radius 1 is 1.00 bits per heavy atom. The molecule has 0 radical (unpaired) electrons. The molecule has 3 aromatic heterocycles. The van der Waals surface area contributed by atoms with Gasteiger partial charge in [0.05, 0.1) is 34.7 Å². The predicted molar refractivity (Wildman–Crippen MR) is 272 cm³/mol. The maximum absolute atomic E-state index is 15.2. The molecule has 2 N–H and O–H groups in total. The summed E-state index contributed by atoms with van der Waals surface area (Å²) < 4.78 is 51.6. The van der Waals surface area contributed by atoms with Crippen LogP contribution in [-0.2, 0) is 43.3 Å². The fourth-order valence-electron chi connectivity index (χ4n) is 13.4. The lowest BCUT2D eigenvalue weighted by Crippen LogP contribution is -2.68. The number of nitrogens with one attached hydrogen (secondary N) is 2. The SMILES string of the molecule is CC(C)c1ncccc1-c1c2c3cc(ccc3n1CC(F)(F)F)-c1csc(n1)C[C@H](NC(=O)[C@H](C1CCCC1)N1CCCC3(CN(C(=O)[C@H]4[C@@H](C5CC5)N4C)C3)C1)C(=O)N1CCC[C@H](N1)C(=O)OCC(C)(C)C2. The molecule has 2 saturated carbocycles. The summed E-state index contributed by atoms with van der Waals surface area (Å²) in [6.45, 7) is 9.80. The van der Waals surface area contributed by atoms with E-state index in [1.807, 2.05) is 50.1 Å². The monoisotopic (exact) mass is 1030 g/mol. The van der Waals surface area contributed by atoms with E-state index in [2.05, 4.69) is 32.6 Å². The highest BCUT2D eigenvalue weighted by Crippen LogP contribution is 2.49. The number of piperidine rings is 1. The Bertz CT molecular complexity index is 2780. The summed E-state index contributed by atoms with van der Waals surface area (Å²) in [7, 11) is 2.07. The summed E-state index contributed by atoms with van der Waals surface area (Å²) in [5, 5.41) is 7.87. The third-order valence-electron chi connectivity index (χ3n) is 17.0. The summed E-state index contributed by atoms with van der Waals surface area (Å²) in [4.78, 5) is 74.1. The summed E-state index contributed by atoms with van der Waals surface area (Å²) >= 11 is 1.37. The molecule has 5 aliphatic heterocycles. The van der Waals surface area contributed by atoms with Gasteiger partial charge in [0.25, 0.3) is 5.91 Å². The number of aromatic nitrogens is 3. The van der Waals surface area contributed by atoms with Crippen LogP contribution in [0.2, 0.25) is 0 Å². The topological polar surface area (TPSA) is 145 Å². The number of likely N-dealkylation sites (tertiary alicyclic amines) is 2. The van der Waals surface area contributed by atoms with E-state index in [0.29, 0.717) is 94.1 Å². The van der Waals surface area contributed by atoms with Crippen molar-refractivity contribution in [3.05, 3.63) is 58.2 Å². The van der Waals surface area contributed by atoms with Crippen molar-refractivity contribution in [2.24, 2.45) is 22.7 Å². The van der Waals surface area contributed by atoms with E-state index in [-0.39, 0.29) is 60.5 Å². The zero-order valence-electron chi connectivity index (χ0n) is 42.8. The lowest BCUT2D eigenvalue weighted by atomic mass is 9.72. The molecule has 4 saturated heterocycles. The number of likely N-dealkylation sites (N-methyl/N-ethyl adjacent to an activating group) is 1. The van der Waals surface area contributed by atoms with E-state index >= 15 is 4.79 Å². The van der Waals surface area contributed by atoms with Crippen LogP contribution < -0.4 is 10.7 Å². The zero-order chi connectivity index (χ0) is 51.1. The van der Waals surface area contributed by atoms with Crippen LogP contribution in [0, 0.1) is 22.7 Å². The third-order valence-corrected chi connectivity index (χ3v) is 17.9. The molecular formula is C55H70F3N9O5S. The standard InChI is InChI=1S/C55H70F3N9O5S/c1-32(2)44-36(13-8-20-59-44)47-38-25-53(3,4)31-72-52(71)39-14-9-22-67(62-39)50(69)40(24-43-60-41(26-73-43)35-17-18-42(37(38)23-35)66(47)30-55(56,57)58)61-49(68)46(33-11-6-7-12-33)64-21-10-19-54(27-64)28-65(29-54)51(70)48-45(63(48)5)34-15-16-34/h8,13,17-18,20,23,26,32-34,39-40,45-46,48,62H,6-7,9-12,14-16,19,21-22,24-25,27-31H2,1-5H3,(H,61,68)/t39-,40-,45+,46-,48+,63?/m0/s1. The van der Waals surface area contributed by atoms with E-state index in [1.54, 1.807) is 24.4 Å². The predicted octanol–water partition coefficient (Wildman–Crippen LogP) is 7.74. The summed E-state index contributed by atoms with van der Waals surface area (Å²) in [5.74, 6) is -0.164. The Hall–Kier alpha value is -4.91. The van der Waals surface area contributed by atoms with Crippen molar-refractivity contribution in [2.45, 2.75) is 154 Å². The Kier molecular flexibility index (Phi) is 13.3. The number of nitrogens with zero attached hydrogens (tertiary/aromatic N) is 7. The number of cyclic esters (lactones) is 1. The average molecular weight is 1030 g/mol.